The summed E-state index contributed by atoms with van der Waals surface area (Å²) in [6, 6.07) is 5.28. The van der Waals surface area contributed by atoms with Crippen molar-refractivity contribution in [1.82, 2.24) is 5.32 Å². The predicted octanol–water partition coefficient (Wildman–Crippen LogP) is 5.70. The van der Waals surface area contributed by atoms with Gasteiger partial charge >= 0.3 is 0 Å². The molecule has 1 aromatic carbocycles. The van der Waals surface area contributed by atoms with Gasteiger partial charge in [-0.2, -0.15) is 0 Å². The maximum atomic E-state index is 4.12. The molecule has 0 radical (unpaired) electrons. The van der Waals surface area contributed by atoms with Crippen molar-refractivity contribution in [2.75, 3.05) is 0 Å². The van der Waals surface area contributed by atoms with Crippen molar-refractivity contribution in [3.8, 4) is 0 Å². The van der Waals surface area contributed by atoms with Gasteiger partial charge in [0, 0.05) is 26.9 Å². The smallest absolute Gasteiger partial charge is 0.0342 e. The van der Waals surface area contributed by atoms with E-state index in [0.29, 0.717) is 23.4 Å². The summed E-state index contributed by atoms with van der Waals surface area (Å²) in [6.45, 7) is 11.1. The summed E-state index contributed by atoms with van der Waals surface area (Å²) in [7, 11) is 0. The first kappa shape index (κ1) is 14.8. The van der Waals surface area contributed by atoms with E-state index < -0.39 is 0 Å². The second kappa shape index (κ2) is 4.96. The Morgan fingerprint density at radius 1 is 1.30 bits per heavy atom. The lowest BCUT2D eigenvalue weighted by Gasteiger charge is -2.55. The normalized spacial score (nSPS) is 30.1. The monoisotopic (exact) mass is 397 g/mol. The van der Waals surface area contributed by atoms with Crippen LogP contribution in [0.2, 0.25) is 0 Å². The molecular weight excluding hydrogens is 378 g/mol. The van der Waals surface area contributed by atoms with Crippen LogP contribution < -0.4 is 5.32 Å². The highest BCUT2D eigenvalue weighted by atomic mass is 79.9. The van der Waals surface area contributed by atoms with Crippen LogP contribution in [0.3, 0.4) is 0 Å². The van der Waals surface area contributed by atoms with Crippen molar-refractivity contribution in [1.29, 1.82) is 0 Å². The third-order valence-corrected chi connectivity index (χ3v) is 6.18. The molecule has 108 valence electrons. The lowest BCUT2D eigenvalue weighted by molar-refractivity contribution is 0.102. The molecule has 1 N–H and O–H groups in total. The number of hydrogen-bond acceptors (Lipinski definition) is 1. The first-order valence-electron chi connectivity index (χ1n) is 7.19. The molecule has 4 rings (SSSR count). The number of piperidine rings is 1. The van der Waals surface area contributed by atoms with Crippen LogP contribution in [0.1, 0.15) is 56.7 Å². The predicted molar refractivity (Wildman–Crippen MR) is 92.1 cm³/mol. The zero-order valence-electron chi connectivity index (χ0n) is 12.3. The number of hydrogen-bond donors (Lipinski definition) is 1. The Kier molecular flexibility index (Phi) is 3.67. The Balaban J connectivity index is 2.16. The van der Waals surface area contributed by atoms with Crippen LogP contribution in [0.25, 0.3) is 0 Å². The van der Waals surface area contributed by atoms with E-state index in [0.717, 1.165) is 6.42 Å². The molecular formula is C17H21Br2N. The zero-order valence-corrected chi connectivity index (χ0v) is 15.4. The van der Waals surface area contributed by atoms with Crippen molar-refractivity contribution in [3.05, 3.63) is 44.4 Å². The molecule has 1 nitrogen and oxygen atoms in total. The van der Waals surface area contributed by atoms with Crippen LogP contribution in [0, 0.1) is 5.41 Å². The molecule has 0 aromatic heterocycles. The van der Waals surface area contributed by atoms with Gasteiger partial charge in [-0.05, 0) is 48.4 Å². The van der Waals surface area contributed by atoms with Gasteiger partial charge in [0.1, 0.15) is 0 Å². The summed E-state index contributed by atoms with van der Waals surface area (Å²) in [4.78, 5) is 0. The Labute approximate surface area is 138 Å². The van der Waals surface area contributed by atoms with Crippen LogP contribution in [0.5, 0.6) is 0 Å². The Hall–Kier alpha value is -0.120. The quantitative estimate of drug-likeness (QED) is 0.629. The van der Waals surface area contributed by atoms with Gasteiger partial charge < -0.3 is 5.32 Å². The number of halogens is 2. The van der Waals surface area contributed by atoms with E-state index in [1.165, 1.54) is 32.1 Å². The molecule has 0 saturated carbocycles. The maximum Gasteiger partial charge on any atom is 0.0342 e. The molecule has 0 spiro atoms. The topological polar surface area (TPSA) is 12.0 Å². The molecule has 0 unspecified atom stereocenters. The number of nitrogens with one attached hydrogen (secondary N) is 1. The second-order valence-electron chi connectivity index (χ2n) is 7.01. The fourth-order valence-corrected chi connectivity index (χ4v) is 5.41. The lowest BCUT2D eigenvalue weighted by atomic mass is 9.58. The summed E-state index contributed by atoms with van der Waals surface area (Å²) in [6.07, 6.45) is 2.26. The average Bonchev–Trinajstić information content (AvgIpc) is 2.31. The highest BCUT2D eigenvalue weighted by molar-refractivity contribution is 9.11. The van der Waals surface area contributed by atoms with Crippen LogP contribution in [-0.2, 0) is 0 Å². The van der Waals surface area contributed by atoms with Crippen molar-refractivity contribution in [3.63, 3.8) is 0 Å². The largest absolute Gasteiger partial charge is 0.306 e. The van der Waals surface area contributed by atoms with E-state index in [4.69, 9.17) is 0 Å². The average molecular weight is 399 g/mol. The van der Waals surface area contributed by atoms with Crippen molar-refractivity contribution < 1.29 is 0 Å². The minimum absolute atomic E-state index is 0.326. The Bertz CT molecular complexity index is 577. The van der Waals surface area contributed by atoms with E-state index >= 15 is 0 Å². The summed E-state index contributed by atoms with van der Waals surface area (Å²) < 4.78 is 2.49. The van der Waals surface area contributed by atoms with Gasteiger partial charge in [-0.3, -0.25) is 0 Å². The molecule has 2 aliphatic heterocycles. The van der Waals surface area contributed by atoms with Crippen molar-refractivity contribution in [2.24, 2.45) is 5.41 Å². The van der Waals surface area contributed by atoms with E-state index in [-0.39, 0.29) is 0 Å². The number of benzene rings is 1. The molecule has 20 heavy (non-hydrogen) atoms. The second-order valence-corrected chi connectivity index (χ2v) is 8.72. The van der Waals surface area contributed by atoms with E-state index in [9.17, 15) is 0 Å². The maximum absolute atomic E-state index is 4.12. The molecule has 3 atom stereocenters. The van der Waals surface area contributed by atoms with Gasteiger partial charge in [-0.15, -0.1) is 6.58 Å². The van der Waals surface area contributed by atoms with Crippen LogP contribution in [0.15, 0.2) is 33.2 Å². The minimum Gasteiger partial charge on any atom is -0.306 e. The third kappa shape index (κ3) is 2.22. The number of fused-ring (bicyclic) bond motifs is 2. The number of rotatable bonds is 2. The molecule has 3 heteroatoms. The van der Waals surface area contributed by atoms with Gasteiger partial charge in [0.15, 0.2) is 0 Å². The van der Waals surface area contributed by atoms with Crippen molar-refractivity contribution in [2.45, 2.75) is 51.6 Å². The van der Waals surface area contributed by atoms with Gasteiger partial charge in [0.25, 0.3) is 0 Å². The molecule has 2 heterocycles. The third-order valence-electron chi connectivity index (χ3n) is 4.80. The summed E-state index contributed by atoms with van der Waals surface area (Å²) in [5.41, 5.74) is 4.55. The summed E-state index contributed by atoms with van der Waals surface area (Å²) in [5, 5.41) is 3.85. The highest BCUT2D eigenvalue weighted by Gasteiger charge is 2.50. The van der Waals surface area contributed by atoms with E-state index in [1.54, 1.807) is 0 Å². The molecule has 1 fully saturated rings. The van der Waals surface area contributed by atoms with Crippen LogP contribution in [0.4, 0.5) is 0 Å². The minimum atomic E-state index is 0.326. The zero-order chi connectivity index (χ0) is 14.7. The van der Waals surface area contributed by atoms with Gasteiger partial charge in [0.2, 0.25) is 0 Å². The standard InChI is InChI=1S/C17H21Br2N/c1-9(2)7-12-16-15-11(19)6-5-10(18)14(15)13(20-12)8-17(16,3)4/h5-6,12-13,16,20H,1,7-8H2,2-4H3/t12-,13-,16-/m0/s1. The first-order valence-corrected chi connectivity index (χ1v) is 8.78. The molecule has 1 saturated heterocycles. The molecule has 1 aliphatic carbocycles. The van der Waals surface area contributed by atoms with E-state index in [2.05, 4.69) is 76.7 Å². The highest BCUT2D eigenvalue weighted by Crippen LogP contribution is 2.58. The van der Waals surface area contributed by atoms with Gasteiger partial charge in [0.05, 0.1) is 0 Å². The fourth-order valence-electron chi connectivity index (χ4n) is 4.19. The van der Waals surface area contributed by atoms with Crippen molar-refractivity contribution >= 4 is 31.9 Å². The van der Waals surface area contributed by atoms with Gasteiger partial charge in [-0.25, -0.2) is 0 Å². The molecule has 3 aliphatic rings. The van der Waals surface area contributed by atoms with Crippen LogP contribution in [-0.4, -0.2) is 6.04 Å². The molecule has 0 amide bonds. The fraction of sp³-hybridized carbons (Fsp3) is 0.529. The lowest BCUT2D eigenvalue weighted by Crippen LogP contribution is -2.54. The first-order chi connectivity index (χ1) is 9.31. The SMILES string of the molecule is C=C(C)C[C@@H]1N[C@H]2CC(C)(C)[C@@H]1c1c(Br)ccc(Br)c12. The van der Waals surface area contributed by atoms with Crippen LogP contribution >= 0.6 is 31.9 Å². The molecule has 1 aromatic rings. The summed E-state index contributed by atoms with van der Waals surface area (Å²) in [5.74, 6) is 0.533. The summed E-state index contributed by atoms with van der Waals surface area (Å²) >= 11 is 7.54. The Morgan fingerprint density at radius 2 is 1.90 bits per heavy atom. The van der Waals surface area contributed by atoms with Gasteiger partial charge in [-0.1, -0.05) is 51.3 Å². The van der Waals surface area contributed by atoms with E-state index in [1.807, 2.05) is 0 Å². The Morgan fingerprint density at radius 3 is 2.50 bits per heavy atom. The molecule has 2 bridgehead atoms.